The zero-order chi connectivity index (χ0) is 9.90. The quantitative estimate of drug-likeness (QED) is 0.746. The van der Waals surface area contributed by atoms with E-state index in [0.29, 0.717) is 12.1 Å². The summed E-state index contributed by atoms with van der Waals surface area (Å²) in [5.41, 5.74) is 1.41. The first-order valence-corrected chi connectivity index (χ1v) is 3.34. The SMILES string of the molecule is Cl.[2H]N([2H])[C@]([2H])(C)Cc1ccccc1. The van der Waals surface area contributed by atoms with Gasteiger partial charge in [-0.3, -0.25) is 0 Å². The van der Waals surface area contributed by atoms with E-state index >= 15 is 0 Å². The minimum atomic E-state index is -1.18. The van der Waals surface area contributed by atoms with Gasteiger partial charge in [-0.25, -0.2) is 0 Å². The molecule has 2 heteroatoms. The molecule has 2 N–H and O–H groups in total. The Balaban J connectivity index is 0.00000169. The Labute approximate surface area is 78.4 Å². The summed E-state index contributed by atoms with van der Waals surface area (Å²) in [6.45, 7) is 1.56. The molecule has 62 valence electrons. The van der Waals surface area contributed by atoms with Gasteiger partial charge in [0.05, 0.1) is 0 Å². The first-order chi connectivity index (χ1) is 6.02. The molecule has 11 heavy (non-hydrogen) atoms. The third kappa shape index (κ3) is 4.02. The van der Waals surface area contributed by atoms with Gasteiger partial charge in [0.2, 0.25) is 0 Å². The fraction of sp³-hybridized carbons (Fsp3) is 0.333. The Kier molecular flexibility index (Phi) is 2.83. The molecule has 0 fully saturated rings. The van der Waals surface area contributed by atoms with Crippen LogP contribution in [-0.2, 0) is 6.42 Å². The second-order valence-corrected chi connectivity index (χ2v) is 2.40. The van der Waals surface area contributed by atoms with Gasteiger partial charge in [0.25, 0.3) is 0 Å². The van der Waals surface area contributed by atoms with Crippen molar-refractivity contribution in [2.75, 3.05) is 0 Å². The molecule has 0 aromatic heterocycles. The van der Waals surface area contributed by atoms with Crippen molar-refractivity contribution in [1.82, 2.24) is 0 Å². The maximum Gasteiger partial charge on any atom is 0.119 e. The molecule has 1 atom stereocenters. The lowest BCUT2D eigenvalue weighted by Gasteiger charge is -2.02. The molecule has 0 amide bonds. The van der Waals surface area contributed by atoms with Crippen molar-refractivity contribution in [3.63, 3.8) is 0 Å². The van der Waals surface area contributed by atoms with E-state index in [1.807, 2.05) is 30.3 Å². The Bertz CT molecular complexity index is 264. The molecule has 0 unspecified atom stereocenters. The highest BCUT2D eigenvalue weighted by atomic mass is 35.5. The number of halogens is 1. The summed E-state index contributed by atoms with van der Waals surface area (Å²) in [6.07, 6.45) is 0.390. The third-order valence-corrected chi connectivity index (χ3v) is 1.30. The van der Waals surface area contributed by atoms with Gasteiger partial charge in [-0.05, 0) is 18.9 Å². The molecule has 0 aliphatic heterocycles. The first-order valence-electron chi connectivity index (χ1n) is 4.74. The average Bonchev–Trinajstić information content (AvgIpc) is 2.05. The van der Waals surface area contributed by atoms with Crippen LogP contribution in [0.25, 0.3) is 0 Å². The summed E-state index contributed by atoms with van der Waals surface area (Å²) >= 11 is 0. The topological polar surface area (TPSA) is 26.0 Å². The second-order valence-electron chi connectivity index (χ2n) is 2.40. The summed E-state index contributed by atoms with van der Waals surface area (Å²) < 4.78 is 21.8. The van der Waals surface area contributed by atoms with Crippen molar-refractivity contribution < 1.29 is 4.19 Å². The smallest absolute Gasteiger partial charge is 0.119 e. The van der Waals surface area contributed by atoms with Crippen LogP contribution in [0.4, 0.5) is 0 Å². The zero-order valence-corrected chi connectivity index (χ0v) is 7.27. The van der Waals surface area contributed by atoms with Gasteiger partial charge in [0, 0.05) is 7.39 Å². The normalized spacial score (nSPS) is 18.9. The minimum absolute atomic E-state index is 0. The minimum Gasteiger partial charge on any atom is -0.328 e. The second kappa shape index (κ2) is 5.16. The van der Waals surface area contributed by atoms with E-state index in [4.69, 9.17) is 4.19 Å². The molecule has 0 saturated heterocycles. The van der Waals surface area contributed by atoms with Crippen LogP contribution in [0.5, 0.6) is 0 Å². The summed E-state index contributed by atoms with van der Waals surface area (Å²) in [5, 5.41) is 0. The van der Waals surface area contributed by atoms with Crippen LogP contribution in [0.15, 0.2) is 30.3 Å². The molecule has 0 aliphatic rings. The number of nitrogens with two attached hydrogens (primary N) is 1. The Morgan fingerprint density at radius 2 is 2.18 bits per heavy atom. The van der Waals surface area contributed by atoms with Crippen LogP contribution < -0.4 is 5.72 Å². The van der Waals surface area contributed by atoms with Crippen molar-refractivity contribution in [3.05, 3.63) is 35.9 Å². The lowest BCUT2D eigenvalue weighted by molar-refractivity contribution is 0.738. The number of hydrogen-bond acceptors (Lipinski definition) is 1. The molecular formula is C9H14ClN. The standard InChI is InChI=1S/C9H13N.ClH/c1-8(10)7-9-5-3-2-4-6-9;/h2-6,8H,7,10H2,1H3;1H/t8-;/m1./s1/i8D;/hD2. The van der Waals surface area contributed by atoms with Gasteiger partial charge in [-0.1, -0.05) is 30.3 Å². The van der Waals surface area contributed by atoms with Gasteiger partial charge in [-0.15, -0.1) is 12.4 Å². The fourth-order valence-electron chi connectivity index (χ4n) is 0.891. The van der Waals surface area contributed by atoms with E-state index < -0.39 is 6.02 Å². The monoisotopic (exact) mass is 174 g/mol. The Morgan fingerprint density at radius 1 is 1.55 bits per heavy atom. The summed E-state index contributed by atoms with van der Waals surface area (Å²) in [6, 6.07) is 8.31. The third-order valence-electron chi connectivity index (χ3n) is 1.30. The van der Waals surface area contributed by atoms with Gasteiger partial charge >= 0.3 is 0 Å². The molecule has 0 heterocycles. The molecule has 0 spiro atoms. The van der Waals surface area contributed by atoms with Crippen LogP contribution in [-0.4, -0.2) is 6.02 Å². The molecule has 1 rings (SSSR count). The highest BCUT2D eigenvalue weighted by molar-refractivity contribution is 5.85. The van der Waals surface area contributed by atoms with Gasteiger partial charge in [0.1, 0.15) is 2.82 Å². The van der Waals surface area contributed by atoms with Crippen molar-refractivity contribution in [2.24, 2.45) is 5.72 Å². The number of rotatable bonds is 3. The predicted molar refractivity (Wildman–Crippen MR) is 51.0 cm³/mol. The lowest BCUT2D eigenvalue weighted by atomic mass is 10.1. The maximum absolute atomic E-state index is 7.67. The number of hydrogen-bond donors (Lipinski definition) is 1. The molecule has 1 aromatic rings. The molecule has 0 saturated carbocycles. The van der Waals surface area contributed by atoms with Crippen molar-refractivity contribution in [3.8, 4) is 0 Å². The first kappa shape index (κ1) is 6.04. The molecular weight excluding hydrogens is 158 g/mol. The molecule has 0 bridgehead atoms. The van der Waals surface area contributed by atoms with E-state index in [9.17, 15) is 0 Å². The predicted octanol–water partition coefficient (Wildman–Crippen LogP) is 2.00. The summed E-state index contributed by atoms with van der Waals surface area (Å²) in [7, 11) is 0. The van der Waals surface area contributed by atoms with Crippen LogP contribution in [0, 0.1) is 0 Å². The van der Waals surface area contributed by atoms with Crippen LogP contribution in [0.3, 0.4) is 0 Å². The van der Waals surface area contributed by atoms with E-state index in [-0.39, 0.29) is 12.4 Å². The highest BCUT2D eigenvalue weighted by Crippen LogP contribution is 2.00. The highest BCUT2D eigenvalue weighted by Gasteiger charge is 1.94. The van der Waals surface area contributed by atoms with Crippen molar-refractivity contribution in [1.29, 1.82) is 0 Å². The van der Waals surface area contributed by atoms with E-state index in [1.165, 1.54) is 0 Å². The van der Waals surface area contributed by atoms with Crippen molar-refractivity contribution >= 4 is 12.4 Å². The van der Waals surface area contributed by atoms with Crippen LogP contribution in [0.1, 0.15) is 13.9 Å². The molecule has 0 aliphatic carbocycles. The van der Waals surface area contributed by atoms with Crippen molar-refractivity contribution in [2.45, 2.75) is 19.4 Å². The summed E-state index contributed by atoms with van der Waals surface area (Å²) in [4.78, 5) is 0. The molecule has 0 radical (unpaired) electrons. The van der Waals surface area contributed by atoms with Gasteiger partial charge in [0.15, 0.2) is 0 Å². The lowest BCUT2D eigenvalue weighted by Crippen LogP contribution is -2.17. The van der Waals surface area contributed by atoms with E-state index in [0.717, 1.165) is 5.56 Å². The van der Waals surface area contributed by atoms with Crippen LogP contribution in [0.2, 0.25) is 2.82 Å². The largest absolute Gasteiger partial charge is 0.328 e. The molecule has 1 aromatic carbocycles. The van der Waals surface area contributed by atoms with Crippen LogP contribution >= 0.6 is 12.4 Å². The maximum atomic E-state index is 7.67. The zero-order valence-electron chi connectivity index (χ0n) is 9.45. The Hall–Kier alpha value is -0.530. The summed E-state index contributed by atoms with van der Waals surface area (Å²) in [5.74, 6) is 0. The average molecular weight is 175 g/mol. The van der Waals surface area contributed by atoms with Gasteiger partial charge in [-0.2, -0.15) is 0 Å². The Morgan fingerprint density at radius 3 is 2.73 bits per heavy atom. The molecule has 1 nitrogen and oxygen atoms in total. The number of benzene rings is 1. The van der Waals surface area contributed by atoms with E-state index in [1.54, 1.807) is 6.92 Å². The van der Waals surface area contributed by atoms with E-state index in [2.05, 4.69) is 0 Å². The fourth-order valence-corrected chi connectivity index (χ4v) is 0.891. The van der Waals surface area contributed by atoms with Gasteiger partial charge < -0.3 is 5.72 Å².